The molecule has 2 heterocycles. The number of methoxy groups -OCH3 is 2. The Kier molecular flexibility index (Phi) is 5.59. The number of amides is 1. The van der Waals surface area contributed by atoms with E-state index in [4.69, 9.17) is 21.1 Å². The minimum absolute atomic E-state index is 0.244. The summed E-state index contributed by atoms with van der Waals surface area (Å²) in [5.74, 6) is 0.303. The maximum atomic E-state index is 12.9. The molecule has 9 nitrogen and oxygen atoms in total. The van der Waals surface area contributed by atoms with E-state index >= 15 is 0 Å². The Balaban J connectivity index is 1.60. The molecule has 10 heteroatoms. The van der Waals surface area contributed by atoms with E-state index < -0.39 is 5.91 Å². The van der Waals surface area contributed by atoms with E-state index in [1.54, 1.807) is 10.7 Å². The summed E-state index contributed by atoms with van der Waals surface area (Å²) in [6, 6.07) is 12.4. The summed E-state index contributed by atoms with van der Waals surface area (Å²) in [7, 11) is 2.93. The topological polar surface area (TPSA) is 100 Å². The molecule has 0 aliphatic rings. The lowest BCUT2D eigenvalue weighted by molar-refractivity contribution is -0.116. The van der Waals surface area contributed by atoms with E-state index in [2.05, 4.69) is 15.4 Å². The van der Waals surface area contributed by atoms with Crippen molar-refractivity contribution in [3.05, 3.63) is 70.4 Å². The minimum atomic E-state index is -0.443. The number of hydrogen-bond acceptors (Lipinski definition) is 6. The zero-order chi connectivity index (χ0) is 22.0. The van der Waals surface area contributed by atoms with Crippen LogP contribution < -0.4 is 20.3 Å². The van der Waals surface area contributed by atoms with Crippen molar-refractivity contribution < 1.29 is 14.3 Å². The quantitative estimate of drug-likeness (QED) is 0.496. The number of hydrogen-bond donors (Lipinski definition) is 1. The molecule has 0 saturated heterocycles. The van der Waals surface area contributed by atoms with Crippen molar-refractivity contribution in [3.8, 4) is 17.2 Å². The van der Waals surface area contributed by atoms with E-state index in [0.29, 0.717) is 33.2 Å². The number of anilines is 1. The molecule has 0 aliphatic heterocycles. The molecule has 4 aromatic rings. The summed E-state index contributed by atoms with van der Waals surface area (Å²) in [5, 5.41) is 7.63. The van der Waals surface area contributed by atoms with Gasteiger partial charge in [-0.15, -0.1) is 0 Å². The number of carbonyl (C=O) groups excluding carboxylic acids is 1. The Hall–Kier alpha value is -3.85. The van der Waals surface area contributed by atoms with Crippen molar-refractivity contribution in [2.45, 2.75) is 6.54 Å². The van der Waals surface area contributed by atoms with Gasteiger partial charge in [0.15, 0.2) is 5.65 Å². The molecule has 0 saturated carbocycles. The Morgan fingerprint density at radius 2 is 1.87 bits per heavy atom. The number of halogens is 1. The Bertz CT molecular complexity index is 1320. The highest BCUT2D eigenvalue weighted by Crippen LogP contribution is 2.35. The van der Waals surface area contributed by atoms with Gasteiger partial charge in [-0.2, -0.15) is 5.10 Å². The third-order valence-electron chi connectivity index (χ3n) is 4.62. The standard InChI is InChI=1S/C21H18ClN5O4/c1-30-17-9-16(18(31-2)8-15(17)22)25-19(28)11-26-12-23-20-14(21(26)29)10-24-27(20)13-6-4-3-5-7-13/h3-10,12H,11H2,1-2H3,(H,25,28). The van der Waals surface area contributed by atoms with Crippen molar-refractivity contribution in [1.82, 2.24) is 19.3 Å². The van der Waals surface area contributed by atoms with Gasteiger partial charge in [-0.3, -0.25) is 14.2 Å². The number of rotatable bonds is 6. The molecule has 4 rings (SSSR count). The number of carbonyl (C=O) groups is 1. The van der Waals surface area contributed by atoms with E-state index in [0.717, 1.165) is 5.69 Å². The number of aromatic nitrogens is 4. The molecule has 0 atom stereocenters. The summed E-state index contributed by atoms with van der Waals surface area (Å²) >= 11 is 6.09. The Morgan fingerprint density at radius 1 is 1.13 bits per heavy atom. The fourth-order valence-corrected chi connectivity index (χ4v) is 3.35. The van der Waals surface area contributed by atoms with Gasteiger partial charge in [0.25, 0.3) is 5.56 Å². The predicted octanol–water partition coefficient (Wildman–Crippen LogP) is 2.89. The van der Waals surface area contributed by atoms with Gasteiger partial charge in [-0.25, -0.2) is 9.67 Å². The molecule has 0 bridgehead atoms. The lowest BCUT2D eigenvalue weighted by atomic mass is 10.2. The largest absolute Gasteiger partial charge is 0.495 e. The smallest absolute Gasteiger partial charge is 0.264 e. The normalized spacial score (nSPS) is 10.8. The van der Waals surface area contributed by atoms with Crippen molar-refractivity contribution in [3.63, 3.8) is 0 Å². The van der Waals surface area contributed by atoms with Crippen LogP contribution in [0.1, 0.15) is 0 Å². The van der Waals surface area contributed by atoms with Crippen LogP contribution in [-0.2, 0) is 11.3 Å². The van der Waals surface area contributed by atoms with Gasteiger partial charge in [-0.05, 0) is 12.1 Å². The van der Waals surface area contributed by atoms with Gasteiger partial charge < -0.3 is 14.8 Å². The Labute approximate surface area is 181 Å². The van der Waals surface area contributed by atoms with Crippen LogP contribution in [0.4, 0.5) is 5.69 Å². The first-order valence-corrected chi connectivity index (χ1v) is 9.59. The molecule has 0 fully saturated rings. The van der Waals surface area contributed by atoms with Gasteiger partial charge in [0.2, 0.25) is 5.91 Å². The molecular formula is C21H18ClN5O4. The van der Waals surface area contributed by atoms with E-state index in [-0.39, 0.29) is 12.1 Å². The molecule has 0 unspecified atom stereocenters. The van der Waals surface area contributed by atoms with Crippen LogP contribution in [0.3, 0.4) is 0 Å². The number of nitrogens with zero attached hydrogens (tertiary/aromatic N) is 4. The first kappa shape index (κ1) is 20.4. The van der Waals surface area contributed by atoms with Crippen molar-refractivity contribution >= 4 is 34.2 Å². The fourth-order valence-electron chi connectivity index (χ4n) is 3.12. The zero-order valence-electron chi connectivity index (χ0n) is 16.7. The van der Waals surface area contributed by atoms with Crippen molar-refractivity contribution in [1.29, 1.82) is 0 Å². The number of nitrogens with one attached hydrogen (secondary N) is 1. The Morgan fingerprint density at radius 3 is 2.58 bits per heavy atom. The molecule has 1 N–H and O–H groups in total. The third kappa shape index (κ3) is 3.95. The highest BCUT2D eigenvalue weighted by molar-refractivity contribution is 6.32. The second-order valence-electron chi connectivity index (χ2n) is 6.54. The molecule has 2 aromatic carbocycles. The number of fused-ring (bicyclic) bond motifs is 1. The lowest BCUT2D eigenvalue weighted by Gasteiger charge is -2.13. The summed E-state index contributed by atoms with van der Waals surface area (Å²) in [6.45, 7) is -0.244. The summed E-state index contributed by atoms with van der Waals surface area (Å²) in [5.41, 5.74) is 1.19. The zero-order valence-corrected chi connectivity index (χ0v) is 17.5. The molecule has 158 valence electrons. The molecular weight excluding hydrogens is 422 g/mol. The maximum absolute atomic E-state index is 12.9. The molecule has 0 aliphatic carbocycles. The average molecular weight is 440 g/mol. The second kappa shape index (κ2) is 8.49. The van der Waals surface area contributed by atoms with Gasteiger partial charge in [-0.1, -0.05) is 29.8 Å². The lowest BCUT2D eigenvalue weighted by Crippen LogP contribution is -2.28. The van der Waals surface area contributed by atoms with Crippen LogP contribution in [0, 0.1) is 0 Å². The molecule has 0 radical (unpaired) electrons. The monoisotopic (exact) mass is 439 g/mol. The van der Waals surface area contributed by atoms with Gasteiger partial charge in [0, 0.05) is 12.1 Å². The molecule has 0 spiro atoms. The minimum Gasteiger partial charge on any atom is -0.495 e. The number of ether oxygens (including phenoxy) is 2. The predicted molar refractivity (Wildman–Crippen MR) is 116 cm³/mol. The van der Waals surface area contributed by atoms with E-state index in [1.165, 1.54) is 37.4 Å². The first-order valence-electron chi connectivity index (χ1n) is 9.21. The summed E-state index contributed by atoms with van der Waals surface area (Å²) < 4.78 is 13.2. The SMILES string of the molecule is COc1cc(NC(=O)Cn2cnc3c(cnn3-c3ccccc3)c2=O)c(OC)cc1Cl. The van der Waals surface area contributed by atoms with Crippen LogP contribution in [0.5, 0.6) is 11.5 Å². The van der Waals surface area contributed by atoms with Gasteiger partial charge in [0.1, 0.15) is 29.8 Å². The second-order valence-corrected chi connectivity index (χ2v) is 6.95. The van der Waals surface area contributed by atoms with E-state index in [9.17, 15) is 9.59 Å². The first-order chi connectivity index (χ1) is 15.0. The molecule has 2 aromatic heterocycles. The van der Waals surface area contributed by atoms with Crippen LogP contribution in [-0.4, -0.2) is 39.5 Å². The average Bonchev–Trinajstić information content (AvgIpc) is 3.22. The van der Waals surface area contributed by atoms with Crippen LogP contribution in [0.15, 0.2) is 59.8 Å². The highest BCUT2D eigenvalue weighted by atomic mass is 35.5. The van der Waals surface area contributed by atoms with Crippen molar-refractivity contribution in [2.75, 3.05) is 19.5 Å². The number of para-hydroxylation sites is 1. The highest BCUT2D eigenvalue weighted by Gasteiger charge is 2.16. The van der Waals surface area contributed by atoms with Gasteiger partial charge >= 0.3 is 0 Å². The van der Waals surface area contributed by atoms with E-state index in [1.807, 2.05) is 30.3 Å². The van der Waals surface area contributed by atoms with Crippen LogP contribution in [0.25, 0.3) is 16.7 Å². The van der Waals surface area contributed by atoms with Crippen LogP contribution in [0.2, 0.25) is 5.02 Å². The van der Waals surface area contributed by atoms with Gasteiger partial charge in [0.05, 0.1) is 36.8 Å². The summed E-state index contributed by atoms with van der Waals surface area (Å²) in [4.78, 5) is 29.8. The fraction of sp³-hybridized carbons (Fsp3) is 0.143. The summed E-state index contributed by atoms with van der Waals surface area (Å²) in [6.07, 6.45) is 2.77. The molecule has 1 amide bonds. The van der Waals surface area contributed by atoms with Crippen LogP contribution >= 0.6 is 11.6 Å². The third-order valence-corrected chi connectivity index (χ3v) is 4.91. The number of benzene rings is 2. The van der Waals surface area contributed by atoms with Crippen molar-refractivity contribution in [2.24, 2.45) is 0 Å². The molecule has 31 heavy (non-hydrogen) atoms. The maximum Gasteiger partial charge on any atom is 0.264 e.